The molecule has 120 valence electrons. The van der Waals surface area contributed by atoms with Gasteiger partial charge in [0.15, 0.2) is 0 Å². The number of nitrogens with zero attached hydrogens (tertiary/aromatic N) is 1. The second-order valence-corrected chi connectivity index (χ2v) is 5.50. The molecular formula is C18H13ClN2O3. The van der Waals surface area contributed by atoms with Crippen molar-refractivity contribution < 1.29 is 14.3 Å². The number of primary amides is 1. The van der Waals surface area contributed by atoms with E-state index in [1.807, 2.05) is 0 Å². The van der Waals surface area contributed by atoms with E-state index in [0.29, 0.717) is 16.5 Å². The van der Waals surface area contributed by atoms with Crippen molar-refractivity contribution in [2.75, 3.05) is 0 Å². The van der Waals surface area contributed by atoms with Gasteiger partial charge >= 0.3 is 5.97 Å². The third kappa shape index (κ3) is 3.21. The first-order valence-corrected chi connectivity index (χ1v) is 7.54. The standard InChI is InChI=1S/C18H13ClN2O3/c19-15-10-13(12-8-4-5-9-14(12)21-15)18(23)24-16(17(20)22)11-6-2-1-3-7-11/h1-10,16H,(H2,20,22). The maximum atomic E-state index is 12.6. The molecule has 1 aromatic heterocycles. The summed E-state index contributed by atoms with van der Waals surface area (Å²) in [6, 6.07) is 17.0. The molecule has 2 aromatic carbocycles. The van der Waals surface area contributed by atoms with Gasteiger partial charge in [-0.2, -0.15) is 0 Å². The molecule has 0 bridgehead atoms. The molecule has 1 heterocycles. The van der Waals surface area contributed by atoms with Crippen LogP contribution in [-0.2, 0) is 9.53 Å². The molecule has 0 radical (unpaired) electrons. The summed E-state index contributed by atoms with van der Waals surface area (Å²) in [5.74, 6) is -1.44. The van der Waals surface area contributed by atoms with E-state index in [1.165, 1.54) is 6.07 Å². The highest BCUT2D eigenvalue weighted by molar-refractivity contribution is 6.30. The lowest BCUT2D eigenvalue weighted by Crippen LogP contribution is -2.26. The highest BCUT2D eigenvalue weighted by atomic mass is 35.5. The lowest BCUT2D eigenvalue weighted by atomic mass is 10.1. The average molecular weight is 341 g/mol. The number of carbonyl (C=O) groups is 2. The number of hydrogen-bond donors (Lipinski definition) is 1. The third-order valence-electron chi connectivity index (χ3n) is 3.49. The van der Waals surface area contributed by atoms with Crippen LogP contribution in [0.5, 0.6) is 0 Å². The van der Waals surface area contributed by atoms with Crippen LogP contribution in [0, 0.1) is 0 Å². The van der Waals surface area contributed by atoms with Gasteiger partial charge in [-0.3, -0.25) is 4.79 Å². The van der Waals surface area contributed by atoms with E-state index in [0.717, 1.165) is 0 Å². The third-order valence-corrected chi connectivity index (χ3v) is 3.68. The Morgan fingerprint density at radius 2 is 1.71 bits per heavy atom. The fraction of sp³-hybridized carbons (Fsp3) is 0.0556. The highest BCUT2D eigenvalue weighted by Gasteiger charge is 2.24. The molecule has 3 rings (SSSR count). The van der Waals surface area contributed by atoms with Crippen LogP contribution in [0.2, 0.25) is 5.15 Å². The van der Waals surface area contributed by atoms with Crippen molar-refractivity contribution in [1.29, 1.82) is 0 Å². The fourth-order valence-electron chi connectivity index (χ4n) is 2.40. The summed E-state index contributed by atoms with van der Waals surface area (Å²) in [5.41, 5.74) is 6.68. The van der Waals surface area contributed by atoms with Crippen LogP contribution >= 0.6 is 11.6 Å². The fourth-order valence-corrected chi connectivity index (χ4v) is 2.60. The molecule has 0 aliphatic carbocycles. The number of aromatic nitrogens is 1. The molecule has 0 aliphatic rings. The van der Waals surface area contributed by atoms with Crippen molar-refractivity contribution in [3.05, 3.63) is 76.9 Å². The lowest BCUT2D eigenvalue weighted by molar-refractivity contribution is -0.127. The molecule has 0 saturated heterocycles. The number of hydrogen-bond acceptors (Lipinski definition) is 4. The molecule has 3 aromatic rings. The lowest BCUT2D eigenvalue weighted by Gasteiger charge is -2.16. The van der Waals surface area contributed by atoms with Crippen LogP contribution in [0.3, 0.4) is 0 Å². The summed E-state index contributed by atoms with van der Waals surface area (Å²) < 4.78 is 5.35. The first kappa shape index (κ1) is 16.0. The van der Waals surface area contributed by atoms with E-state index in [9.17, 15) is 9.59 Å². The molecule has 0 aliphatic heterocycles. The van der Waals surface area contributed by atoms with Gasteiger partial charge in [0.1, 0.15) is 5.15 Å². The molecule has 0 saturated carbocycles. The number of nitrogens with two attached hydrogens (primary N) is 1. The quantitative estimate of drug-likeness (QED) is 0.583. The number of halogens is 1. The minimum absolute atomic E-state index is 0.163. The van der Waals surface area contributed by atoms with Crippen molar-refractivity contribution in [1.82, 2.24) is 4.98 Å². The summed E-state index contributed by atoms with van der Waals surface area (Å²) >= 11 is 5.97. The van der Waals surface area contributed by atoms with Gasteiger partial charge in [-0.05, 0) is 12.1 Å². The number of para-hydroxylation sites is 1. The number of esters is 1. The molecule has 2 N–H and O–H groups in total. The van der Waals surface area contributed by atoms with E-state index in [1.54, 1.807) is 54.6 Å². The minimum atomic E-state index is -1.18. The Hall–Kier alpha value is -2.92. The summed E-state index contributed by atoms with van der Waals surface area (Å²) in [6.07, 6.45) is -1.18. The summed E-state index contributed by atoms with van der Waals surface area (Å²) in [7, 11) is 0. The average Bonchev–Trinajstić information content (AvgIpc) is 2.59. The summed E-state index contributed by atoms with van der Waals surface area (Å²) in [5, 5.41) is 0.749. The number of benzene rings is 2. The monoisotopic (exact) mass is 340 g/mol. The van der Waals surface area contributed by atoms with E-state index in [2.05, 4.69) is 4.98 Å². The van der Waals surface area contributed by atoms with Gasteiger partial charge in [0.05, 0.1) is 11.1 Å². The molecule has 0 spiro atoms. The van der Waals surface area contributed by atoms with Crippen molar-refractivity contribution in [3.8, 4) is 0 Å². The number of fused-ring (bicyclic) bond motifs is 1. The van der Waals surface area contributed by atoms with Gasteiger partial charge in [-0.25, -0.2) is 9.78 Å². The number of amides is 1. The van der Waals surface area contributed by atoms with Crippen molar-refractivity contribution in [2.45, 2.75) is 6.10 Å². The Labute approximate surface area is 143 Å². The smallest absolute Gasteiger partial charge is 0.340 e. The molecule has 24 heavy (non-hydrogen) atoms. The Morgan fingerprint density at radius 3 is 2.42 bits per heavy atom. The van der Waals surface area contributed by atoms with Crippen LogP contribution in [0.1, 0.15) is 22.0 Å². The van der Waals surface area contributed by atoms with Crippen LogP contribution in [0.15, 0.2) is 60.7 Å². The van der Waals surface area contributed by atoms with Crippen LogP contribution < -0.4 is 5.73 Å². The van der Waals surface area contributed by atoms with Gasteiger partial charge in [0.25, 0.3) is 5.91 Å². The normalized spacial score (nSPS) is 11.9. The first-order valence-electron chi connectivity index (χ1n) is 7.17. The zero-order valence-electron chi connectivity index (χ0n) is 12.5. The van der Waals surface area contributed by atoms with E-state index >= 15 is 0 Å². The first-order chi connectivity index (χ1) is 11.6. The van der Waals surface area contributed by atoms with Gasteiger partial charge in [0, 0.05) is 10.9 Å². The predicted octanol–water partition coefficient (Wildman–Crippen LogP) is 3.27. The predicted molar refractivity (Wildman–Crippen MR) is 90.5 cm³/mol. The van der Waals surface area contributed by atoms with Gasteiger partial charge < -0.3 is 10.5 Å². The molecule has 6 heteroatoms. The second kappa shape index (κ2) is 6.68. The summed E-state index contributed by atoms with van der Waals surface area (Å²) in [6.45, 7) is 0. The molecule has 1 amide bonds. The van der Waals surface area contributed by atoms with Gasteiger partial charge in [0.2, 0.25) is 6.10 Å². The van der Waals surface area contributed by atoms with Crippen molar-refractivity contribution >= 4 is 34.4 Å². The molecule has 0 fully saturated rings. The van der Waals surface area contributed by atoms with Crippen molar-refractivity contribution in [2.24, 2.45) is 5.73 Å². The maximum Gasteiger partial charge on any atom is 0.340 e. The van der Waals surface area contributed by atoms with E-state index in [4.69, 9.17) is 22.1 Å². The van der Waals surface area contributed by atoms with Crippen LogP contribution in [-0.4, -0.2) is 16.9 Å². The molecule has 1 unspecified atom stereocenters. The number of rotatable bonds is 4. The topological polar surface area (TPSA) is 82.3 Å². The SMILES string of the molecule is NC(=O)C(OC(=O)c1cc(Cl)nc2ccccc12)c1ccccc1. The summed E-state index contributed by atoms with van der Waals surface area (Å²) in [4.78, 5) is 28.4. The Kier molecular flexibility index (Phi) is 4.44. The zero-order valence-corrected chi connectivity index (χ0v) is 13.2. The van der Waals surface area contributed by atoms with Gasteiger partial charge in [-0.1, -0.05) is 60.1 Å². The van der Waals surface area contributed by atoms with Crippen LogP contribution in [0.4, 0.5) is 0 Å². The second-order valence-electron chi connectivity index (χ2n) is 5.11. The molecule has 1 atom stereocenters. The number of ether oxygens (including phenoxy) is 1. The van der Waals surface area contributed by atoms with Gasteiger partial charge in [-0.15, -0.1) is 0 Å². The Balaban J connectivity index is 1.99. The number of carbonyl (C=O) groups excluding carboxylic acids is 2. The Morgan fingerprint density at radius 1 is 1.04 bits per heavy atom. The zero-order chi connectivity index (χ0) is 17.1. The highest BCUT2D eigenvalue weighted by Crippen LogP contribution is 2.24. The van der Waals surface area contributed by atoms with E-state index < -0.39 is 18.0 Å². The van der Waals surface area contributed by atoms with E-state index in [-0.39, 0.29) is 10.7 Å². The van der Waals surface area contributed by atoms with Crippen LogP contribution in [0.25, 0.3) is 10.9 Å². The number of pyridine rings is 1. The molecule has 5 nitrogen and oxygen atoms in total. The molecular weight excluding hydrogens is 328 g/mol. The largest absolute Gasteiger partial charge is 0.444 e. The van der Waals surface area contributed by atoms with Crippen molar-refractivity contribution in [3.63, 3.8) is 0 Å². The minimum Gasteiger partial charge on any atom is -0.444 e. The Bertz CT molecular complexity index is 913. The maximum absolute atomic E-state index is 12.6.